The van der Waals surface area contributed by atoms with Crippen molar-refractivity contribution in [3.05, 3.63) is 58.9 Å². The first-order chi connectivity index (χ1) is 12.3. The van der Waals surface area contributed by atoms with Gasteiger partial charge in [-0.25, -0.2) is 4.39 Å². The van der Waals surface area contributed by atoms with Gasteiger partial charge in [0, 0.05) is 18.2 Å². The number of carboxylic acids is 1. The first-order valence-electron chi connectivity index (χ1n) is 7.82. The lowest BCUT2D eigenvalue weighted by Gasteiger charge is -2.22. The van der Waals surface area contributed by atoms with Crippen LogP contribution >= 0.6 is 0 Å². The molecule has 0 fully saturated rings. The number of halogens is 1. The minimum Gasteiger partial charge on any atom is -0.497 e. The highest BCUT2D eigenvalue weighted by atomic mass is 19.1. The van der Waals surface area contributed by atoms with E-state index in [4.69, 9.17) is 14.6 Å². The monoisotopic (exact) mass is 361 g/mol. The van der Waals surface area contributed by atoms with E-state index in [2.05, 4.69) is 0 Å². The quantitative estimate of drug-likeness (QED) is 0.821. The number of rotatable bonds is 7. The van der Waals surface area contributed by atoms with Crippen molar-refractivity contribution in [2.24, 2.45) is 0 Å². The van der Waals surface area contributed by atoms with Gasteiger partial charge in [-0.3, -0.25) is 9.59 Å². The van der Waals surface area contributed by atoms with Crippen LogP contribution in [0.15, 0.2) is 36.4 Å². The van der Waals surface area contributed by atoms with E-state index in [-0.39, 0.29) is 12.1 Å². The van der Waals surface area contributed by atoms with Gasteiger partial charge in [0.25, 0.3) is 5.91 Å². The largest absolute Gasteiger partial charge is 0.497 e. The van der Waals surface area contributed by atoms with E-state index in [1.54, 1.807) is 25.1 Å². The number of nitrogens with zero attached hydrogens (tertiary/aromatic N) is 1. The molecule has 1 N–H and O–H groups in total. The molecule has 0 aliphatic carbocycles. The van der Waals surface area contributed by atoms with Crippen LogP contribution in [0.25, 0.3) is 0 Å². The summed E-state index contributed by atoms with van der Waals surface area (Å²) in [6, 6.07) is 8.94. The highest BCUT2D eigenvalue weighted by Crippen LogP contribution is 2.24. The van der Waals surface area contributed by atoms with E-state index < -0.39 is 24.2 Å². The average molecular weight is 361 g/mol. The van der Waals surface area contributed by atoms with Crippen LogP contribution in [0, 0.1) is 12.7 Å². The molecule has 0 aromatic heterocycles. The molecule has 26 heavy (non-hydrogen) atoms. The first kappa shape index (κ1) is 19.2. The van der Waals surface area contributed by atoms with Crippen molar-refractivity contribution in [1.82, 2.24) is 4.90 Å². The molecule has 0 saturated heterocycles. The molecule has 0 heterocycles. The zero-order chi connectivity index (χ0) is 19.3. The molecule has 2 rings (SSSR count). The van der Waals surface area contributed by atoms with E-state index in [9.17, 15) is 14.0 Å². The highest BCUT2D eigenvalue weighted by Gasteiger charge is 2.20. The molecule has 0 spiro atoms. The summed E-state index contributed by atoms with van der Waals surface area (Å²) in [6.07, 6.45) is 0. The predicted octanol–water partition coefficient (Wildman–Crippen LogP) is 2.88. The Morgan fingerprint density at radius 2 is 1.65 bits per heavy atom. The van der Waals surface area contributed by atoms with Gasteiger partial charge in [0.1, 0.15) is 23.9 Å². The number of hydrogen-bond donors (Lipinski definition) is 1. The zero-order valence-electron chi connectivity index (χ0n) is 14.8. The second-order valence-corrected chi connectivity index (χ2v) is 5.79. The number of carbonyl (C=O) groups is 2. The van der Waals surface area contributed by atoms with Gasteiger partial charge in [0.2, 0.25) is 0 Å². The first-order valence-corrected chi connectivity index (χ1v) is 7.82. The molecule has 7 heteroatoms. The van der Waals surface area contributed by atoms with E-state index in [0.29, 0.717) is 22.6 Å². The standard InChI is InChI=1S/C19H20FNO5/c1-12-4-14(8-15(20)5-12)19(24)21(11-18(22)23)10-13-6-16(25-2)9-17(7-13)26-3/h4-9H,10-11H2,1-3H3,(H,22,23). The second kappa shape index (κ2) is 8.33. The van der Waals surface area contributed by atoms with Crippen LogP contribution in [-0.4, -0.2) is 42.6 Å². The summed E-state index contributed by atoms with van der Waals surface area (Å²) in [7, 11) is 2.99. The Morgan fingerprint density at radius 3 is 2.15 bits per heavy atom. The minimum absolute atomic E-state index is 0.00819. The fraction of sp³-hybridized carbons (Fsp3) is 0.263. The SMILES string of the molecule is COc1cc(CN(CC(=O)O)C(=O)c2cc(C)cc(F)c2)cc(OC)c1. The molecule has 2 aromatic rings. The van der Waals surface area contributed by atoms with Gasteiger partial charge >= 0.3 is 5.97 Å². The lowest BCUT2D eigenvalue weighted by atomic mass is 10.1. The molecule has 0 saturated carbocycles. The molecule has 138 valence electrons. The van der Waals surface area contributed by atoms with Crippen molar-refractivity contribution >= 4 is 11.9 Å². The summed E-state index contributed by atoms with van der Waals surface area (Å²) in [4.78, 5) is 25.1. The topological polar surface area (TPSA) is 76.1 Å². The summed E-state index contributed by atoms with van der Waals surface area (Å²) in [6.45, 7) is 1.15. The van der Waals surface area contributed by atoms with Crippen molar-refractivity contribution in [1.29, 1.82) is 0 Å². The van der Waals surface area contributed by atoms with Gasteiger partial charge in [-0.15, -0.1) is 0 Å². The fourth-order valence-electron chi connectivity index (χ4n) is 2.58. The van der Waals surface area contributed by atoms with Crippen LogP contribution in [0.5, 0.6) is 11.5 Å². The predicted molar refractivity (Wildman–Crippen MR) is 93.1 cm³/mol. The smallest absolute Gasteiger partial charge is 0.323 e. The maximum Gasteiger partial charge on any atom is 0.323 e. The van der Waals surface area contributed by atoms with E-state index >= 15 is 0 Å². The number of aliphatic carboxylic acids is 1. The Bertz CT molecular complexity index is 779. The summed E-state index contributed by atoms with van der Waals surface area (Å²) < 4.78 is 24.0. The summed E-state index contributed by atoms with van der Waals surface area (Å²) in [5.41, 5.74) is 1.30. The zero-order valence-corrected chi connectivity index (χ0v) is 14.8. The van der Waals surface area contributed by atoms with Gasteiger partial charge in [0.15, 0.2) is 0 Å². The van der Waals surface area contributed by atoms with Crippen molar-refractivity contribution in [2.45, 2.75) is 13.5 Å². The number of carboxylic acid groups (broad SMARTS) is 1. The van der Waals surface area contributed by atoms with Crippen LogP contribution in [0.1, 0.15) is 21.5 Å². The van der Waals surface area contributed by atoms with E-state index in [1.165, 1.54) is 26.4 Å². The molecule has 0 aliphatic rings. The molecule has 2 aromatic carbocycles. The van der Waals surface area contributed by atoms with Crippen molar-refractivity contribution in [2.75, 3.05) is 20.8 Å². The molecule has 1 amide bonds. The molecule has 0 aliphatic heterocycles. The number of aryl methyl sites for hydroxylation is 1. The van der Waals surface area contributed by atoms with E-state index in [0.717, 1.165) is 11.0 Å². The lowest BCUT2D eigenvalue weighted by molar-refractivity contribution is -0.137. The maximum absolute atomic E-state index is 13.6. The number of amides is 1. The fourth-order valence-corrected chi connectivity index (χ4v) is 2.58. The minimum atomic E-state index is -1.17. The lowest BCUT2D eigenvalue weighted by Crippen LogP contribution is -2.35. The average Bonchev–Trinajstić information content (AvgIpc) is 2.58. The van der Waals surface area contributed by atoms with Crippen LogP contribution in [0.3, 0.4) is 0 Å². The Balaban J connectivity index is 2.35. The normalized spacial score (nSPS) is 10.3. The van der Waals surface area contributed by atoms with Gasteiger partial charge in [-0.1, -0.05) is 0 Å². The van der Waals surface area contributed by atoms with Gasteiger partial charge in [0.05, 0.1) is 14.2 Å². The molecule has 0 unspecified atom stereocenters. The van der Waals surface area contributed by atoms with Gasteiger partial charge in [-0.05, 0) is 48.4 Å². The Labute approximate surface area is 150 Å². The molecule has 0 radical (unpaired) electrons. The van der Waals surface area contributed by atoms with Crippen molar-refractivity contribution < 1.29 is 28.6 Å². The third-order valence-electron chi connectivity index (χ3n) is 3.69. The Kier molecular flexibility index (Phi) is 6.16. The molecule has 0 atom stereocenters. The second-order valence-electron chi connectivity index (χ2n) is 5.79. The number of carbonyl (C=O) groups excluding carboxylic acids is 1. The van der Waals surface area contributed by atoms with Crippen LogP contribution in [0.4, 0.5) is 4.39 Å². The van der Waals surface area contributed by atoms with Gasteiger partial charge < -0.3 is 19.5 Å². The number of hydrogen-bond acceptors (Lipinski definition) is 4. The number of methoxy groups -OCH3 is 2. The molecular weight excluding hydrogens is 341 g/mol. The van der Waals surface area contributed by atoms with Crippen LogP contribution < -0.4 is 9.47 Å². The summed E-state index contributed by atoms with van der Waals surface area (Å²) >= 11 is 0. The van der Waals surface area contributed by atoms with Crippen molar-refractivity contribution in [3.8, 4) is 11.5 Å². The summed E-state index contributed by atoms with van der Waals surface area (Å²) in [5, 5.41) is 9.15. The molecule has 0 bridgehead atoms. The highest BCUT2D eigenvalue weighted by molar-refractivity contribution is 5.96. The maximum atomic E-state index is 13.6. The van der Waals surface area contributed by atoms with Crippen LogP contribution in [-0.2, 0) is 11.3 Å². The molecular formula is C19H20FNO5. The Hall–Kier alpha value is -3.09. The number of ether oxygens (including phenoxy) is 2. The third kappa shape index (κ3) is 4.95. The number of benzene rings is 2. The van der Waals surface area contributed by atoms with E-state index in [1.807, 2.05) is 0 Å². The Morgan fingerprint density at radius 1 is 1.04 bits per heavy atom. The van der Waals surface area contributed by atoms with Crippen LogP contribution in [0.2, 0.25) is 0 Å². The molecule has 6 nitrogen and oxygen atoms in total. The van der Waals surface area contributed by atoms with Crippen molar-refractivity contribution in [3.63, 3.8) is 0 Å². The third-order valence-corrected chi connectivity index (χ3v) is 3.69. The van der Waals surface area contributed by atoms with Gasteiger partial charge in [-0.2, -0.15) is 0 Å². The summed E-state index contributed by atoms with van der Waals surface area (Å²) in [5.74, 6) is -1.25.